The molecule has 5 atom stereocenters. The number of rotatable bonds is 7. The van der Waals surface area contributed by atoms with Crippen LogP contribution >= 0.6 is 34.8 Å². The maximum atomic E-state index is 8.10. The quantitative estimate of drug-likeness (QED) is 0.216. The molecule has 198 valence electrons. The van der Waals surface area contributed by atoms with Gasteiger partial charge in [0.1, 0.15) is 18.3 Å². The highest BCUT2D eigenvalue weighted by molar-refractivity contribution is 6.99. The Hall–Kier alpha value is -1.16. The van der Waals surface area contributed by atoms with E-state index in [1.54, 1.807) is 7.11 Å². The van der Waals surface area contributed by atoms with E-state index in [2.05, 4.69) is 45.0 Å². The zero-order chi connectivity index (χ0) is 26.7. The van der Waals surface area contributed by atoms with Gasteiger partial charge in [-0.2, -0.15) is 0 Å². The average molecular weight is 575 g/mol. The molecule has 1 fully saturated rings. The van der Waals surface area contributed by atoms with E-state index < -0.39 is 48.7 Å². The Morgan fingerprint density at radius 1 is 0.833 bits per heavy atom. The van der Waals surface area contributed by atoms with Crippen molar-refractivity contribution in [1.82, 2.24) is 0 Å². The van der Waals surface area contributed by atoms with Gasteiger partial charge in [0.15, 0.2) is 0 Å². The van der Waals surface area contributed by atoms with Gasteiger partial charge in [-0.1, -0.05) is 116 Å². The molecule has 0 aliphatic carbocycles. The lowest BCUT2D eigenvalue weighted by molar-refractivity contribution is -0.279. The van der Waals surface area contributed by atoms with Gasteiger partial charge in [0.25, 0.3) is 12.1 Å². The average Bonchev–Trinajstić information content (AvgIpc) is 2.82. The van der Waals surface area contributed by atoms with Gasteiger partial charge in [0.2, 0.25) is 12.2 Å². The van der Waals surface area contributed by atoms with E-state index >= 15 is 0 Å². The summed E-state index contributed by atoms with van der Waals surface area (Å²) in [5, 5.41) is 10.0. The van der Waals surface area contributed by atoms with Gasteiger partial charge < -0.3 is 23.4 Å². The number of benzene rings is 2. The zero-order valence-corrected chi connectivity index (χ0v) is 24.6. The van der Waals surface area contributed by atoms with Crippen LogP contribution in [0.2, 0.25) is 5.04 Å². The second-order valence-corrected chi connectivity index (χ2v) is 16.3. The third kappa shape index (κ3) is 5.94. The molecule has 1 saturated heterocycles. The van der Waals surface area contributed by atoms with E-state index in [4.69, 9.17) is 63.6 Å². The first kappa shape index (κ1) is 29.4. The molecular formula is C26H34Cl3NO5Si. The summed E-state index contributed by atoms with van der Waals surface area (Å²) in [6.07, 6.45) is -3.40. The summed E-state index contributed by atoms with van der Waals surface area (Å²) in [4.78, 5) is 0. The molecular weight excluding hydrogens is 541 g/mol. The summed E-state index contributed by atoms with van der Waals surface area (Å²) < 4.78 is 28.8. The van der Waals surface area contributed by atoms with E-state index in [0.29, 0.717) is 0 Å². The van der Waals surface area contributed by atoms with Gasteiger partial charge in [-0.3, -0.25) is 5.41 Å². The Kier molecular flexibility index (Phi) is 9.55. The van der Waals surface area contributed by atoms with Crippen LogP contribution < -0.4 is 10.4 Å². The minimum atomic E-state index is -2.99. The maximum absolute atomic E-state index is 8.10. The first-order valence-corrected chi connectivity index (χ1v) is 14.7. The summed E-state index contributed by atoms with van der Waals surface area (Å²) in [5.41, 5.74) is 0. The fourth-order valence-electron chi connectivity index (χ4n) is 4.85. The smallest absolute Gasteiger partial charge is 0.265 e. The van der Waals surface area contributed by atoms with Crippen LogP contribution in [0.4, 0.5) is 0 Å². The molecule has 6 nitrogen and oxygen atoms in total. The van der Waals surface area contributed by atoms with E-state index in [1.165, 1.54) is 7.11 Å². The second kappa shape index (κ2) is 11.7. The van der Waals surface area contributed by atoms with Crippen molar-refractivity contribution in [3.63, 3.8) is 0 Å². The fraction of sp³-hybridized carbons (Fsp3) is 0.500. The van der Waals surface area contributed by atoms with Crippen molar-refractivity contribution in [3.05, 3.63) is 60.7 Å². The molecule has 10 heteroatoms. The van der Waals surface area contributed by atoms with Gasteiger partial charge in [-0.15, -0.1) is 0 Å². The molecule has 36 heavy (non-hydrogen) atoms. The van der Waals surface area contributed by atoms with Crippen molar-refractivity contribution in [2.24, 2.45) is 0 Å². The van der Waals surface area contributed by atoms with E-state index in [0.717, 1.165) is 10.4 Å². The predicted octanol–water partition coefficient (Wildman–Crippen LogP) is 5.07. The monoisotopic (exact) mass is 573 g/mol. The number of hydrogen-bond acceptors (Lipinski definition) is 6. The summed E-state index contributed by atoms with van der Waals surface area (Å²) in [6.45, 7) is 8.44. The van der Waals surface area contributed by atoms with Crippen molar-refractivity contribution in [2.45, 2.75) is 67.2 Å². The molecule has 0 spiro atoms. The molecule has 3 rings (SSSR count). The highest BCUT2D eigenvalue weighted by Gasteiger charge is 2.57. The number of hydrogen-bond donors (Lipinski definition) is 1. The SMILES string of the molecule is CO[C@@H]1[C@@H](O[Si](c2ccccc2)(c2ccccc2)C(C)(C)C)[C@@H](OC)[C@H](OC(=N)C(Cl)(Cl)Cl)O[C@H]1C. The van der Waals surface area contributed by atoms with Crippen molar-refractivity contribution in [2.75, 3.05) is 14.2 Å². The van der Waals surface area contributed by atoms with Crippen molar-refractivity contribution >= 4 is 59.4 Å². The molecule has 1 heterocycles. The minimum Gasteiger partial charge on any atom is -0.445 e. The van der Waals surface area contributed by atoms with Crippen LogP contribution in [-0.4, -0.2) is 62.9 Å². The number of nitrogens with one attached hydrogen (secondary N) is 1. The molecule has 1 aliphatic rings. The molecule has 1 aliphatic heterocycles. The maximum Gasteiger partial charge on any atom is 0.265 e. The zero-order valence-electron chi connectivity index (χ0n) is 21.3. The van der Waals surface area contributed by atoms with Crippen LogP contribution in [0, 0.1) is 5.41 Å². The molecule has 1 N–H and O–H groups in total. The molecule has 2 aromatic rings. The van der Waals surface area contributed by atoms with Crippen LogP contribution in [0.3, 0.4) is 0 Å². The van der Waals surface area contributed by atoms with Crippen molar-refractivity contribution in [1.29, 1.82) is 5.41 Å². The topological polar surface area (TPSA) is 70.0 Å². The van der Waals surface area contributed by atoms with Crippen LogP contribution in [-0.2, 0) is 23.4 Å². The van der Waals surface area contributed by atoms with Crippen LogP contribution in [0.5, 0.6) is 0 Å². The number of methoxy groups -OCH3 is 2. The Labute approximate surface area is 229 Å². The summed E-state index contributed by atoms with van der Waals surface area (Å²) in [5.74, 6) is -0.563. The molecule has 0 aromatic heterocycles. The van der Waals surface area contributed by atoms with E-state index in [-0.39, 0.29) is 5.04 Å². The second-order valence-electron chi connectivity index (χ2n) is 9.80. The normalized spacial score (nSPS) is 25.4. The fourth-order valence-corrected chi connectivity index (χ4v) is 9.68. The van der Waals surface area contributed by atoms with Gasteiger partial charge in [0, 0.05) is 14.2 Å². The first-order valence-electron chi connectivity index (χ1n) is 11.7. The highest BCUT2D eigenvalue weighted by Crippen LogP contribution is 2.41. The van der Waals surface area contributed by atoms with E-state index in [9.17, 15) is 0 Å². The molecule has 0 amide bonds. The highest BCUT2D eigenvalue weighted by atomic mass is 35.6. The number of ether oxygens (including phenoxy) is 4. The Morgan fingerprint density at radius 2 is 1.31 bits per heavy atom. The minimum absolute atomic E-state index is 0.283. The summed E-state index contributed by atoms with van der Waals surface area (Å²) in [7, 11) is 0.158. The number of alkyl halides is 3. The molecule has 0 saturated carbocycles. The third-order valence-corrected chi connectivity index (χ3v) is 12.0. The molecule has 0 bridgehead atoms. The molecule has 0 radical (unpaired) electrons. The predicted molar refractivity (Wildman–Crippen MR) is 148 cm³/mol. The van der Waals surface area contributed by atoms with Gasteiger partial charge in [-0.05, 0) is 22.3 Å². The van der Waals surface area contributed by atoms with E-state index in [1.807, 2.05) is 43.3 Å². The molecule has 0 unspecified atom stereocenters. The van der Waals surface area contributed by atoms with Gasteiger partial charge >= 0.3 is 0 Å². The number of halogens is 3. The first-order chi connectivity index (χ1) is 16.9. The van der Waals surface area contributed by atoms with Crippen molar-refractivity contribution in [3.8, 4) is 0 Å². The van der Waals surface area contributed by atoms with Crippen LogP contribution in [0.1, 0.15) is 27.7 Å². The van der Waals surface area contributed by atoms with Crippen LogP contribution in [0.25, 0.3) is 0 Å². The lowest BCUT2D eigenvalue weighted by Gasteiger charge is -2.51. The standard InChI is InChI=1S/C26H34Cl3NO5Si/c1-17-20(31-5)21(22(32-6)23(33-17)34-24(30)26(27,28)29)35-36(25(2,3)4,18-13-9-7-10-14-18)19-15-11-8-12-16-19/h7-17,20-23,30H,1-6H3/t17-,20-,21+,22+,23-/m0/s1. The Balaban J connectivity index is 2.17. The molecule has 2 aromatic carbocycles. The Bertz CT molecular complexity index is 961. The van der Waals surface area contributed by atoms with Gasteiger partial charge in [0.05, 0.1) is 6.10 Å². The Morgan fingerprint density at radius 3 is 1.69 bits per heavy atom. The third-order valence-electron chi connectivity index (χ3n) is 6.49. The summed E-state index contributed by atoms with van der Waals surface area (Å²) >= 11 is 17.7. The largest absolute Gasteiger partial charge is 0.445 e. The lowest BCUT2D eigenvalue weighted by Crippen LogP contribution is -2.72. The van der Waals surface area contributed by atoms with Gasteiger partial charge in [-0.25, -0.2) is 0 Å². The lowest BCUT2D eigenvalue weighted by atomic mass is 9.99. The van der Waals surface area contributed by atoms with Crippen molar-refractivity contribution < 1.29 is 23.4 Å². The summed E-state index contributed by atoms with van der Waals surface area (Å²) in [6, 6.07) is 20.5. The van der Waals surface area contributed by atoms with Crippen LogP contribution in [0.15, 0.2) is 60.7 Å².